The van der Waals surface area contributed by atoms with Crippen molar-refractivity contribution in [1.82, 2.24) is 4.90 Å². The first kappa shape index (κ1) is 18.2. The molecule has 6 heteroatoms. The van der Waals surface area contributed by atoms with Crippen molar-refractivity contribution in [3.63, 3.8) is 0 Å². The quantitative estimate of drug-likeness (QED) is 0.839. The Hall–Kier alpha value is -1.63. The number of likely N-dealkylation sites (tertiary alicyclic amines) is 1. The number of amides is 1. The van der Waals surface area contributed by atoms with Gasteiger partial charge in [0, 0.05) is 24.9 Å². The monoisotopic (exact) mass is 349 g/mol. The van der Waals surface area contributed by atoms with E-state index < -0.39 is 0 Å². The third kappa shape index (κ3) is 3.14. The van der Waals surface area contributed by atoms with Crippen molar-refractivity contribution in [2.45, 2.75) is 38.4 Å². The minimum absolute atomic E-state index is 0.0135. The Morgan fingerprint density at radius 2 is 2.08 bits per heavy atom. The van der Waals surface area contributed by atoms with Gasteiger partial charge in [0.2, 0.25) is 0 Å². The fourth-order valence-corrected chi connectivity index (χ4v) is 4.18. The lowest BCUT2D eigenvalue weighted by molar-refractivity contribution is -0.211. The highest BCUT2D eigenvalue weighted by atomic mass is 16.5. The summed E-state index contributed by atoms with van der Waals surface area (Å²) in [6.07, 6.45) is 1.62. The van der Waals surface area contributed by atoms with Crippen LogP contribution in [-0.2, 0) is 4.74 Å². The predicted molar refractivity (Wildman–Crippen MR) is 92.8 cm³/mol. The first-order valence-corrected chi connectivity index (χ1v) is 8.87. The van der Waals surface area contributed by atoms with Crippen molar-refractivity contribution in [1.29, 1.82) is 0 Å². The minimum Gasteiger partial charge on any atom is -0.496 e. The number of hydrogen-bond acceptors (Lipinski definition) is 5. The maximum Gasteiger partial charge on any atom is 0.257 e. The molecule has 1 aliphatic heterocycles. The first-order chi connectivity index (χ1) is 12.0. The summed E-state index contributed by atoms with van der Waals surface area (Å²) in [5.41, 5.74) is 1.24. The molecule has 2 aliphatic rings. The van der Waals surface area contributed by atoms with E-state index in [-0.39, 0.29) is 30.1 Å². The van der Waals surface area contributed by atoms with Gasteiger partial charge in [-0.1, -0.05) is 12.1 Å². The van der Waals surface area contributed by atoms with E-state index in [0.717, 1.165) is 5.56 Å². The van der Waals surface area contributed by atoms with Gasteiger partial charge >= 0.3 is 0 Å². The number of ether oxygens (including phenoxy) is 2. The molecule has 1 saturated heterocycles. The summed E-state index contributed by atoms with van der Waals surface area (Å²) in [7, 11) is 1.57. The number of hydrogen-bond donors (Lipinski definition) is 2. The van der Waals surface area contributed by atoms with Gasteiger partial charge in [-0.25, -0.2) is 0 Å². The largest absolute Gasteiger partial charge is 0.496 e. The Bertz CT molecular complexity index is 624. The fourth-order valence-electron chi connectivity index (χ4n) is 4.18. The van der Waals surface area contributed by atoms with Crippen LogP contribution in [0.4, 0.5) is 0 Å². The summed E-state index contributed by atoms with van der Waals surface area (Å²) in [6, 6.07) is 5.60. The van der Waals surface area contributed by atoms with Crippen LogP contribution in [-0.4, -0.2) is 66.6 Å². The van der Waals surface area contributed by atoms with Crippen molar-refractivity contribution in [3.05, 3.63) is 29.3 Å². The van der Waals surface area contributed by atoms with E-state index in [1.807, 2.05) is 24.0 Å². The molecule has 0 aromatic heterocycles. The number of carbonyl (C=O) groups excluding carboxylic acids is 1. The maximum atomic E-state index is 13.0. The summed E-state index contributed by atoms with van der Waals surface area (Å²) in [6.45, 7) is 3.37. The third-order valence-corrected chi connectivity index (χ3v) is 5.80. The summed E-state index contributed by atoms with van der Waals surface area (Å²) in [5.74, 6) is 0.574. The van der Waals surface area contributed by atoms with Gasteiger partial charge < -0.3 is 24.6 Å². The molecule has 3 rings (SSSR count). The van der Waals surface area contributed by atoms with E-state index in [1.54, 1.807) is 13.2 Å². The summed E-state index contributed by atoms with van der Waals surface area (Å²) < 4.78 is 11.1. The molecule has 6 nitrogen and oxygen atoms in total. The second-order valence-corrected chi connectivity index (χ2v) is 7.01. The third-order valence-electron chi connectivity index (χ3n) is 5.80. The molecule has 0 bridgehead atoms. The van der Waals surface area contributed by atoms with Crippen molar-refractivity contribution < 1.29 is 24.5 Å². The highest BCUT2D eigenvalue weighted by Gasteiger charge is 2.56. The Kier molecular flexibility index (Phi) is 5.32. The molecule has 1 aliphatic carbocycles. The van der Waals surface area contributed by atoms with Gasteiger partial charge in [0.15, 0.2) is 0 Å². The Morgan fingerprint density at radius 3 is 2.68 bits per heavy atom. The Balaban J connectivity index is 1.69. The highest BCUT2D eigenvalue weighted by molar-refractivity contribution is 5.98. The molecule has 1 amide bonds. The van der Waals surface area contributed by atoms with Crippen LogP contribution in [0.15, 0.2) is 18.2 Å². The van der Waals surface area contributed by atoms with Crippen LogP contribution in [0.1, 0.15) is 35.2 Å². The smallest absolute Gasteiger partial charge is 0.257 e. The van der Waals surface area contributed by atoms with Crippen molar-refractivity contribution in [3.8, 4) is 5.75 Å². The van der Waals surface area contributed by atoms with E-state index in [4.69, 9.17) is 14.6 Å². The van der Waals surface area contributed by atoms with Crippen molar-refractivity contribution in [2.24, 2.45) is 5.41 Å². The average Bonchev–Trinajstić information content (AvgIpc) is 2.64. The van der Waals surface area contributed by atoms with Crippen LogP contribution in [0, 0.1) is 12.3 Å². The van der Waals surface area contributed by atoms with Crippen LogP contribution in [0.3, 0.4) is 0 Å². The molecule has 0 unspecified atom stereocenters. The SMILES string of the molecule is COc1cccc(C)c1C(=O)N1CCC2(CC1)[C@H](O)C[C@@H]2OCCO. The first-order valence-electron chi connectivity index (χ1n) is 8.87. The van der Waals surface area contributed by atoms with Crippen LogP contribution < -0.4 is 4.74 Å². The average molecular weight is 349 g/mol. The maximum absolute atomic E-state index is 13.0. The normalized spacial score (nSPS) is 24.9. The molecule has 1 saturated carbocycles. The number of piperidine rings is 1. The molecule has 25 heavy (non-hydrogen) atoms. The van der Waals surface area contributed by atoms with E-state index in [1.165, 1.54) is 0 Å². The zero-order valence-electron chi connectivity index (χ0n) is 14.9. The van der Waals surface area contributed by atoms with Crippen molar-refractivity contribution in [2.75, 3.05) is 33.4 Å². The number of aliphatic hydroxyl groups is 2. The van der Waals surface area contributed by atoms with Crippen LogP contribution in [0.5, 0.6) is 5.75 Å². The molecular formula is C19H27NO5. The molecule has 0 radical (unpaired) electrons. The molecule has 2 N–H and O–H groups in total. The van der Waals surface area contributed by atoms with Gasteiger partial charge in [0.1, 0.15) is 5.75 Å². The number of aryl methyl sites for hydroxylation is 1. The number of methoxy groups -OCH3 is 1. The minimum atomic E-state index is -0.388. The zero-order chi connectivity index (χ0) is 18.0. The molecule has 1 spiro atoms. The van der Waals surface area contributed by atoms with E-state index >= 15 is 0 Å². The van der Waals surface area contributed by atoms with E-state index in [9.17, 15) is 9.90 Å². The van der Waals surface area contributed by atoms with Gasteiger partial charge in [-0.2, -0.15) is 0 Å². The number of benzene rings is 1. The molecule has 2 atom stereocenters. The lowest BCUT2D eigenvalue weighted by Crippen LogP contribution is -2.62. The van der Waals surface area contributed by atoms with Gasteiger partial charge in [-0.3, -0.25) is 4.79 Å². The molecule has 1 aromatic carbocycles. The molecule has 1 aromatic rings. The lowest BCUT2D eigenvalue weighted by Gasteiger charge is -2.56. The van der Waals surface area contributed by atoms with Crippen LogP contribution >= 0.6 is 0 Å². The Labute approximate surface area is 148 Å². The second-order valence-electron chi connectivity index (χ2n) is 7.01. The van der Waals surface area contributed by atoms with E-state index in [2.05, 4.69) is 0 Å². The summed E-state index contributed by atoms with van der Waals surface area (Å²) in [5, 5.41) is 19.2. The number of rotatable bonds is 5. The van der Waals surface area contributed by atoms with Crippen LogP contribution in [0.2, 0.25) is 0 Å². The standard InChI is InChI=1S/C19H27NO5/c1-13-4-3-5-14(24-2)17(13)18(23)20-8-6-19(7-9-20)15(22)12-16(19)25-11-10-21/h3-5,15-16,21-22H,6-12H2,1-2H3/t15-,16+/m1/s1. The zero-order valence-corrected chi connectivity index (χ0v) is 14.9. The van der Waals surface area contributed by atoms with Gasteiger partial charge in [-0.15, -0.1) is 0 Å². The number of carbonyl (C=O) groups is 1. The van der Waals surface area contributed by atoms with Gasteiger partial charge in [0.05, 0.1) is 38.1 Å². The van der Waals surface area contributed by atoms with Gasteiger partial charge in [-0.05, 0) is 31.4 Å². The number of aliphatic hydroxyl groups excluding tert-OH is 2. The lowest BCUT2D eigenvalue weighted by atomic mass is 9.58. The topological polar surface area (TPSA) is 79.2 Å². The number of nitrogens with zero attached hydrogens (tertiary/aromatic N) is 1. The molecular weight excluding hydrogens is 322 g/mol. The predicted octanol–water partition coefficient (Wildman–Crippen LogP) is 1.37. The molecule has 138 valence electrons. The Morgan fingerprint density at radius 1 is 1.36 bits per heavy atom. The molecule has 1 heterocycles. The summed E-state index contributed by atoms with van der Waals surface area (Å²) >= 11 is 0. The molecule has 2 fully saturated rings. The van der Waals surface area contributed by atoms with Crippen molar-refractivity contribution >= 4 is 5.91 Å². The van der Waals surface area contributed by atoms with E-state index in [0.29, 0.717) is 50.3 Å². The second kappa shape index (κ2) is 7.32. The highest BCUT2D eigenvalue weighted by Crippen LogP contribution is 2.51. The fraction of sp³-hybridized carbons (Fsp3) is 0.632. The van der Waals surface area contributed by atoms with Gasteiger partial charge in [0.25, 0.3) is 5.91 Å². The van der Waals surface area contributed by atoms with Crippen LogP contribution in [0.25, 0.3) is 0 Å². The summed E-state index contributed by atoms with van der Waals surface area (Å²) in [4.78, 5) is 14.8.